The monoisotopic (exact) mass is 273 g/mol. The van der Waals surface area contributed by atoms with E-state index in [1.54, 1.807) is 0 Å². The minimum Gasteiger partial charge on any atom is -0.329 e. The van der Waals surface area contributed by atoms with Gasteiger partial charge in [-0.1, -0.05) is 6.58 Å². The van der Waals surface area contributed by atoms with E-state index >= 15 is 0 Å². The minimum absolute atomic E-state index is 0.220. The number of carbonyl (C=O) groups is 1. The second-order valence-corrected chi connectivity index (χ2v) is 4.77. The van der Waals surface area contributed by atoms with Crippen LogP contribution in [0.15, 0.2) is 41.5 Å². The van der Waals surface area contributed by atoms with Crippen molar-refractivity contribution in [2.24, 2.45) is 0 Å². The topological polar surface area (TPSA) is 64.0 Å². The Morgan fingerprint density at radius 1 is 1.40 bits per heavy atom. The molecule has 1 amide bonds. The van der Waals surface area contributed by atoms with Gasteiger partial charge >= 0.3 is 0 Å². The van der Waals surface area contributed by atoms with Gasteiger partial charge in [-0.05, 0) is 31.0 Å². The van der Waals surface area contributed by atoms with Crippen LogP contribution in [0, 0.1) is 5.82 Å². The second-order valence-electron chi connectivity index (χ2n) is 4.77. The Hall–Kier alpha value is -2.50. The lowest BCUT2D eigenvalue weighted by molar-refractivity contribution is -0.125. The highest BCUT2D eigenvalue weighted by molar-refractivity contribution is 5.84. The molecular weight excluding hydrogens is 261 g/mol. The van der Waals surface area contributed by atoms with Crippen LogP contribution in [0.2, 0.25) is 0 Å². The average Bonchev–Trinajstić information content (AvgIpc) is 2.41. The summed E-state index contributed by atoms with van der Waals surface area (Å²) in [5.41, 5.74) is 0.167. The first-order chi connectivity index (χ1) is 9.56. The zero-order valence-corrected chi connectivity index (χ0v) is 10.6. The number of fused-ring (bicyclic) bond motifs is 1. The number of aromatic nitrogens is 2. The van der Waals surface area contributed by atoms with Crippen LogP contribution in [-0.2, 0) is 4.79 Å². The largest absolute Gasteiger partial charge is 0.329 e. The number of piperidine rings is 1. The van der Waals surface area contributed by atoms with Crippen molar-refractivity contribution >= 4 is 16.7 Å². The van der Waals surface area contributed by atoms with E-state index in [4.69, 9.17) is 0 Å². The van der Waals surface area contributed by atoms with E-state index in [2.05, 4.69) is 17.0 Å². The van der Waals surface area contributed by atoms with Gasteiger partial charge in [0.25, 0.3) is 5.56 Å². The van der Waals surface area contributed by atoms with Crippen molar-refractivity contribution in [2.45, 2.75) is 18.9 Å². The maximum atomic E-state index is 13.3. The Bertz CT molecular complexity index is 782. The first-order valence-electron chi connectivity index (χ1n) is 6.22. The lowest BCUT2D eigenvalue weighted by atomic mass is 10.0. The van der Waals surface area contributed by atoms with E-state index in [1.807, 2.05) is 0 Å². The van der Waals surface area contributed by atoms with E-state index in [0.29, 0.717) is 23.9 Å². The molecule has 3 rings (SSSR count). The number of hydrogen-bond donors (Lipinski definition) is 1. The van der Waals surface area contributed by atoms with E-state index in [1.165, 1.54) is 18.3 Å². The fourth-order valence-electron chi connectivity index (χ4n) is 2.34. The summed E-state index contributed by atoms with van der Waals surface area (Å²) in [6.45, 7) is 3.69. The van der Waals surface area contributed by atoms with Crippen LogP contribution in [0.1, 0.15) is 18.9 Å². The molecule has 0 bridgehead atoms. The van der Waals surface area contributed by atoms with Crippen molar-refractivity contribution in [3.05, 3.63) is 52.8 Å². The van der Waals surface area contributed by atoms with Gasteiger partial charge in [0.15, 0.2) is 0 Å². The van der Waals surface area contributed by atoms with Crippen LogP contribution in [-0.4, -0.2) is 15.7 Å². The highest BCUT2D eigenvalue weighted by atomic mass is 19.1. The van der Waals surface area contributed by atoms with Gasteiger partial charge in [0.1, 0.15) is 11.9 Å². The van der Waals surface area contributed by atoms with Crippen molar-refractivity contribution in [1.82, 2.24) is 15.1 Å². The molecule has 0 aliphatic carbocycles. The number of carbonyl (C=O) groups excluding carboxylic acids is 1. The lowest BCUT2D eigenvalue weighted by Gasteiger charge is -2.24. The summed E-state index contributed by atoms with van der Waals surface area (Å²) < 4.78 is 14.4. The van der Waals surface area contributed by atoms with Gasteiger partial charge < -0.3 is 5.32 Å². The van der Waals surface area contributed by atoms with Crippen LogP contribution in [0.3, 0.4) is 0 Å². The molecule has 1 aliphatic rings. The Balaban J connectivity index is 2.13. The number of hydrogen-bond acceptors (Lipinski definition) is 3. The zero-order chi connectivity index (χ0) is 14.3. The average molecular weight is 273 g/mol. The molecule has 1 N–H and O–H groups in total. The Morgan fingerprint density at radius 2 is 2.20 bits per heavy atom. The molecule has 1 aromatic carbocycles. The fraction of sp³-hybridized carbons (Fsp3) is 0.214. The van der Waals surface area contributed by atoms with Crippen molar-refractivity contribution in [1.29, 1.82) is 0 Å². The lowest BCUT2D eigenvalue weighted by Crippen LogP contribution is -2.41. The molecule has 0 saturated carbocycles. The van der Waals surface area contributed by atoms with Crippen LogP contribution in [0.5, 0.6) is 0 Å². The van der Waals surface area contributed by atoms with Gasteiger partial charge in [0.05, 0.1) is 11.6 Å². The summed E-state index contributed by atoms with van der Waals surface area (Å²) in [5.74, 6) is -0.805. The first-order valence-corrected chi connectivity index (χ1v) is 6.22. The number of benzene rings is 1. The predicted octanol–water partition coefficient (Wildman–Crippen LogP) is 1.50. The molecule has 102 valence electrons. The number of allylic oxidation sites excluding steroid dienone is 1. The van der Waals surface area contributed by atoms with Crippen LogP contribution in [0.25, 0.3) is 10.8 Å². The normalized spacial score (nSPS) is 19.1. The van der Waals surface area contributed by atoms with Crippen LogP contribution in [0.4, 0.5) is 4.39 Å². The van der Waals surface area contributed by atoms with Crippen LogP contribution < -0.4 is 10.9 Å². The molecule has 2 heterocycles. The molecule has 20 heavy (non-hydrogen) atoms. The highest BCUT2D eigenvalue weighted by Crippen LogP contribution is 2.20. The Morgan fingerprint density at radius 3 is 2.95 bits per heavy atom. The summed E-state index contributed by atoms with van der Waals surface area (Å²) >= 11 is 0. The summed E-state index contributed by atoms with van der Waals surface area (Å²) in [7, 11) is 0. The summed E-state index contributed by atoms with van der Waals surface area (Å²) in [4.78, 5) is 24.3. The third-order valence-corrected chi connectivity index (χ3v) is 3.39. The zero-order valence-electron chi connectivity index (χ0n) is 10.6. The van der Waals surface area contributed by atoms with Crippen molar-refractivity contribution < 1.29 is 9.18 Å². The standard InChI is InChI=1S/C14H12FN3O2/c1-8-2-5-12(13(19)17-8)18-14(20)11-6-10(15)4-3-9(11)7-16-18/h3-4,6-7,12H,1-2,5H2,(H,17,19). The Labute approximate surface area is 113 Å². The van der Waals surface area contributed by atoms with Gasteiger partial charge in [-0.25, -0.2) is 9.07 Å². The molecule has 6 heteroatoms. The number of rotatable bonds is 1. The Kier molecular flexibility index (Phi) is 2.85. The number of nitrogens with zero attached hydrogens (tertiary/aromatic N) is 2. The second kappa shape index (κ2) is 4.56. The van der Waals surface area contributed by atoms with Crippen molar-refractivity contribution in [3.63, 3.8) is 0 Å². The maximum Gasteiger partial charge on any atom is 0.275 e. The van der Waals surface area contributed by atoms with Gasteiger partial charge in [-0.2, -0.15) is 5.10 Å². The molecular formula is C14H12FN3O2. The number of halogens is 1. The van der Waals surface area contributed by atoms with Crippen molar-refractivity contribution in [2.75, 3.05) is 0 Å². The SMILES string of the molecule is C=C1CCC(n2ncc3ccc(F)cc3c2=O)C(=O)N1. The molecule has 0 spiro atoms. The molecule has 5 nitrogen and oxygen atoms in total. The molecule has 1 fully saturated rings. The summed E-state index contributed by atoms with van der Waals surface area (Å²) in [5, 5.41) is 7.40. The van der Waals surface area contributed by atoms with Gasteiger partial charge in [0.2, 0.25) is 5.91 Å². The third kappa shape index (κ3) is 1.99. The predicted molar refractivity (Wildman–Crippen MR) is 71.5 cm³/mol. The fourth-order valence-corrected chi connectivity index (χ4v) is 2.34. The highest BCUT2D eigenvalue weighted by Gasteiger charge is 2.27. The minimum atomic E-state index is -0.680. The maximum absolute atomic E-state index is 13.3. The molecule has 1 aromatic heterocycles. The number of amides is 1. The molecule has 1 atom stereocenters. The molecule has 1 saturated heterocycles. The van der Waals surface area contributed by atoms with Crippen molar-refractivity contribution in [3.8, 4) is 0 Å². The first kappa shape index (κ1) is 12.5. The quantitative estimate of drug-likeness (QED) is 0.856. The van der Waals surface area contributed by atoms with Gasteiger partial charge in [0, 0.05) is 11.1 Å². The van der Waals surface area contributed by atoms with E-state index in [0.717, 1.165) is 10.7 Å². The third-order valence-electron chi connectivity index (χ3n) is 3.39. The van der Waals surface area contributed by atoms with E-state index < -0.39 is 17.4 Å². The van der Waals surface area contributed by atoms with E-state index in [9.17, 15) is 14.0 Å². The molecule has 1 unspecified atom stereocenters. The van der Waals surface area contributed by atoms with Gasteiger partial charge in [-0.3, -0.25) is 9.59 Å². The molecule has 0 radical (unpaired) electrons. The molecule has 2 aromatic rings. The molecule has 1 aliphatic heterocycles. The van der Waals surface area contributed by atoms with Crippen LogP contribution >= 0.6 is 0 Å². The summed E-state index contributed by atoms with van der Waals surface area (Å²) in [6.07, 6.45) is 2.51. The van der Waals surface area contributed by atoms with Gasteiger partial charge in [-0.15, -0.1) is 0 Å². The summed E-state index contributed by atoms with van der Waals surface area (Å²) in [6, 6.07) is 3.24. The van der Waals surface area contributed by atoms with E-state index in [-0.39, 0.29) is 11.3 Å². The number of nitrogens with one attached hydrogen (secondary N) is 1. The smallest absolute Gasteiger partial charge is 0.275 e.